The van der Waals surface area contributed by atoms with Gasteiger partial charge in [-0.2, -0.15) is 0 Å². The van der Waals surface area contributed by atoms with Gasteiger partial charge in [-0.25, -0.2) is 4.98 Å². The summed E-state index contributed by atoms with van der Waals surface area (Å²) in [5, 5.41) is 13.7. The molecule has 0 aliphatic rings. The molecule has 104 valence electrons. The molecule has 0 unspecified atom stereocenters. The van der Waals surface area contributed by atoms with Crippen LogP contribution in [0.5, 0.6) is 0 Å². The molecule has 0 atom stereocenters. The maximum atomic E-state index is 11.9. The van der Waals surface area contributed by atoms with Gasteiger partial charge in [0.05, 0.1) is 4.92 Å². The lowest BCUT2D eigenvalue weighted by Crippen LogP contribution is -2.23. The second kappa shape index (κ2) is 5.96. The van der Waals surface area contributed by atoms with E-state index in [4.69, 9.17) is 0 Å². The van der Waals surface area contributed by atoms with Crippen LogP contribution in [-0.2, 0) is 13.1 Å². The van der Waals surface area contributed by atoms with Crippen molar-refractivity contribution in [1.29, 1.82) is 0 Å². The molecule has 1 aromatic heterocycles. The first-order chi connectivity index (χ1) is 9.63. The smallest absolute Gasteiger partial charge is 0.293 e. The Morgan fingerprint density at radius 3 is 2.85 bits per heavy atom. The number of hydrogen-bond acceptors (Lipinski definition) is 5. The van der Waals surface area contributed by atoms with Crippen LogP contribution in [0, 0.1) is 10.1 Å². The molecule has 7 nitrogen and oxygen atoms in total. The molecule has 0 fully saturated rings. The number of para-hydroxylation sites is 1. The fourth-order valence-electron chi connectivity index (χ4n) is 1.83. The standard InChI is InChI=1S/C13H14N4O3/c1-2-16-8-7-14-12(13(16)18)15-9-10-5-3-4-6-11(10)17(19)20/h3-8H,2,9H2,1H3,(H,14,15). The molecule has 0 bridgehead atoms. The first-order valence-corrected chi connectivity index (χ1v) is 6.15. The average Bonchev–Trinajstić information content (AvgIpc) is 2.46. The zero-order chi connectivity index (χ0) is 14.5. The zero-order valence-electron chi connectivity index (χ0n) is 10.9. The Hall–Kier alpha value is -2.70. The van der Waals surface area contributed by atoms with Crippen LogP contribution < -0.4 is 10.9 Å². The highest BCUT2D eigenvalue weighted by Crippen LogP contribution is 2.18. The maximum Gasteiger partial charge on any atom is 0.293 e. The predicted octanol–water partition coefficient (Wildman–Crippen LogP) is 1.78. The minimum Gasteiger partial charge on any atom is -0.361 e. The Balaban J connectivity index is 2.22. The van der Waals surface area contributed by atoms with Crippen molar-refractivity contribution in [3.63, 3.8) is 0 Å². The molecule has 2 aromatic rings. The summed E-state index contributed by atoms with van der Waals surface area (Å²) < 4.78 is 1.51. The van der Waals surface area contributed by atoms with Gasteiger partial charge in [0.1, 0.15) is 0 Å². The third-order valence-electron chi connectivity index (χ3n) is 2.89. The van der Waals surface area contributed by atoms with Gasteiger partial charge in [-0.05, 0) is 6.92 Å². The number of benzene rings is 1. The SMILES string of the molecule is CCn1ccnc(NCc2ccccc2[N+](=O)[O-])c1=O. The molecule has 0 radical (unpaired) electrons. The summed E-state index contributed by atoms with van der Waals surface area (Å²) >= 11 is 0. The Labute approximate surface area is 115 Å². The largest absolute Gasteiger partial charge is 0.361 e. The second-order valence-corrected chi connectivity index (χ2v) is 4.11. The van der Waals surface area contributed by atoms with Gasteiger partial charge in [0.15, 0.2) is 5.82 Å². The van der Waals surface area contributed by atoms with Crippen molar-refractivity contribution in [3.8, 4) is 0 Å². The lowest BCUT2D eigenvalue weighted by atomic mass is 10.2. The number of aryl methyl sites for hydroxylation is 1. The molecule has 2 rings (SSSR count). The number of hydrogen-bond donors (Lipinski definition) is 1. The Morgan fingerprint density at radius 2 is 2.15 bits per heavy atom. The predicted molar refractivity (Wildman–Crippen MR) is 74.6 cm³/mol. The van der Waals surface area contributed by atoms with E-state index in [2.05, 4.69) is 10.3 Å². The third-order valence-corrected chi connectivity index (χ3v) is 2.89. The number of nitrogens with one attached hydrogen (secondary N) is 1. The first kappa shape index (κ1) is 13.7. The molecule has 0 aliphatic carbocycles. The molecule has 0 aliphatic heterocycles. The van der Waals surface area contributed by atoms with Gasteiger partial charge in [-0.1, -0.05) is 18.2 Å². The average molecular weight is 274 g/mol. The fraction of sp³-hybridized carbons (Fsp3) is 0.231. The number of anilines is 1. The van der Waals surface area contributed by atoms with Crippen molar-refractivity contribution < 1.29 is 4.92 Å². The third kappa shape index (κ3) is 2.82. The van der Waals surface area contributed by atoms with E-state index < -0.39 is 4.92 Å². The summed E-state index contributed by atoms with van der Waals surface area (Å²) in [7, 11) is 0. The molecule has 1 N–H and O–H groups in total. The number of nitrogens with zero attached hydrogens (tertiary/aromatic N) is 3. The van der Waals surface area contributed by atoms with Crippen molar-refractivity contribution in [1.82, 2.24) is 9.55 Å². The molecular weight excluding hydrogens is 260 g/mol. The molecule has 0 saturated heterocycles. The van der Waals surface area contributed by atoms with E-state index in [9.17, 15) is 14.9 Å². The highest BCUT2D eigenvalue weighted by molar-refractivity contribution is 5.43. The second-order valence-electron chi connectivity index (χ2n) is 4.11. The number of aromatic nitrogens is 2. The van der Waals surface area contributed by atoms with Crippen LogP contribution >= 0.6 is 0 Å². The summed E-state index contributed by atoms with van der Waals surface area (Å²) in [6, 6.07) is 6.39. The Morgan fingerprint density at radius 1 is 1.40 bits per heavy atom. The fourth-order valence-corrected chi connectivity index (χ4v) is 1.83. The summed E-state index contributed by atoms with van der Waals surface area (Å²) in [6.07, 6.45) is 3.12. The Bertz CT molecular complexity index is 681. The van der Waals surface area contributed by atoms with Crippen LogP contribution in [-0.4, -0.2) is 14.5 Å². The highest BCUT2D eigenvalue weighted by Gasteiger charge is 2.12. The van der Waals surface area contributed by atoms with E-state index in [1.807, 2.05) is 6.92 Å². The van der Waals surface area contributed by atoms with E-state index in [1.165, 1.54) is 16.8 Å². The quantitative estimate of drug-likeness (QED) is 0.663. The van der Waals surface area contributed by atoms with Gasteiger partial charge >= 0.3 is 0 Å². The van der Waals surface area contributed by atoms with Gasteiger partial charge in [0, 0.05) is 37.1 Å². The normalized spacial score (nSPS) is 10.2. The van der Waals surface area contributed by atoms with Gasteiger partial charge in [0.25, 0.3) is 11.2 Å². The molecule has 1 aromatic carbocycles. The molecule has 0 spiro atoms. The number of nitro groups is 1. The molecule has 20 heavy (non-hydrogen) atoms. The van der Waals surface area contributed by atoms with Gasteiger partial charge in [0.2, 0.25) is 0 Å². The zero-order valence-corrected chi connectivity index (χ0v) is 10.9. The van der Waals surface area contributed by atoms with Crippen LogP contribution in [0.3, 0.4) is 0 Å². The minimum atomic E-state index is -0.445. The lowest BCUT2D eigenvalue weighted by Gasteiger charge is -2.07. The van der Waals surface area contributed by atoms with Crippen LogP contribution in [0.4, 0.5) is 11.5 Å². The van der Waals surface area contributed by atoms with E-state index in [1.54, 1.807) is 24.4 Å². The summed E-state index contributed by atoms with van der Waals surface area (Å²) in [5.41, 5.74) is 0.283. The topological polar surface area (TPSA) is 90.1 Å². The van der Waals surface area contributed by atoms with Crippen LogP contribution in [0.25, 0.3) is 0 Å². The van der Waals surface area contributed by atoms with Crippen LogP contribution in [0.2, 0.25) is 0 Å². The van der Waals surface area contributed by atoms with Gasteiger partial charge < -0.3 is 9.88 Å². The van der Waals surface area contributed by atoms with Crippen molar-refractivity contribution in [2.45, 2.75) is 20.0 Å². The van der Waals surface area contributed by atoms with E-state index in [-0.39, 0.29) is 23.6 Å². The number of rotatable bonds is 5. The van der Waals surface area contributed by atoms with Gasteiger partial charge in [-0.3, -0.25) is 14.9 Å². The summed E-state index contributed by atoms with van der Waals surface area (Å²) in [5.74, 6) is 0.188. The van der Waals surface area contributed by atoms with Gasteiger partial charge in [-0.15, -0.1) is 0 Å². The molecular formula is C13H14N4O3. The molecule has 0 saturated carbocycles. The van der Waals surface area contributed by atoms with Crippen molar-refractivity contribution in [2.24, 2.45) is 0 Å². The monoisotopic (exact) mass is 274 g/mol. The van der Waals surface area contributed by atoms with Crippen molar-refractivity contribution in [2.75, 3.05) is 5.32 Å². The van der Waals surface area contributed by atoms with E-state index in [0.29, 0.717) is 12.1 Å². The number of nitro benzene ring substituents is 1. The summed E-state index contributed by atoms with van der Waals surface area (Å²) in [4.78, 5) is 26.4. The molecule has 1 heterocycles. The highest BCUT2D eigenvalue weighted by atomic mass is 16.6. The van der Waals surface area contributed by atoms with Crippen molar-refractivity contribution in [3.05, 3.63) is 62.7 Å². The first-order valence-electron chi connectivity index (χ1n) is 6.15. The minimum absolute atomic E-state index is 0.0201. The van der Waals surface area contributed by atoms with Crippen molar-refractivity contribution >= 4 is 11.5 Å². The van der Waals surface area contributed by atoms with E-state index >= 15 is 0 Å². The molecule has 7 heteroatoms. The maximum absolute atomic E-state index is 11.9. The van der Waals surface area contributed by atoms with Crippen LogP contribution in [0.15, 0.2) is 41.5 Å². The van der Waals surface area contributed by atoms with Crippen LogP contribution in [0.1, 0.15) is 12.5 Å². The summed E-state index contributed by atoms with van der Waals surface area (Å²) in [6.45, 7) is 2.57. The lowest BCUT2D eigenvalue weighted by molar-refractivity contribution is -0.385. The Kier molecular flexibility index (Phi) is 4.09. The van der Waals surface area contributed by atoms with E-state index in [0.717, 1.165) is 0 Å². The molecule has 0 amide bonds.